The van der Waals surface area contributed by atoms with E-state index in [4.69, 9.17) is 4.52 Å². The lowest BCUT2D eigenvalue weighted by atomic mass is 9.96. The normalized spacial score (nSPS) is 17.9. The zero-order valence-electron chi connectivity index (χ0n) is 15.6. The minimum Gasteiger partial charge on any atom is -0.342 e. The molecule has 1 aliphatic rings. The molecular formula is C18H27N5O2. The molecule has 3 rings (SSSR count). The number of piperidine rings is 1. The molecule has 3 heterocycles. The predicted molar refractivity (Wildman–Crippen MR) is 93.2 cm³/mol. The van der Waals surface area contributed by atoms with E-state index in [0.717, 1.165) is 49.4 Å². The van der Waals surface area contributed by atoms with Crippen LogP contribution in [0.15, 0.2) is 4.52 Å². The van der Waals surface area contributed by atoms with Gasteiger partial charge in [-0.05, 0) is 38.7 Å². The van der Waals surface area contributed by atoms with Gasteiger partial charge in [-0.2, -0.15) is 10.1 Å². The van der Waals surface area contributed by atoms with Gasteiger partial charge in [0.2, 0.25) is 11.8 Å². The number of carbonyl (C=O) groups is 1. The van der Waals surface area contributed by atoms with E-state index < -0.39 is 0 Å². The average molecular weight is 345 g/mol. The Hall–Kier alpha value is -2.18. The number of hydrogen-bond acceptors (Lipinski definition) is 5. The summed E-state index contributed by atoms with van der Waals surface area (Å²) in [6, 6.07) is 0. The molecule has 7 nitrogen and oxygen atoms in total. The number of hydrogen-bond donors (Lipinski definition) is 0. The van der Waals surface area contributed by atoms with Gasteiger partial charge in [-0.15, -0.1) is 0 Å². The fourth-order valence-corrected chi connectivity index (χ4v) is 3.56. The molecule has 1 atom stereocenters. The van der Waals surface area contributed by atoms with Gasteiger partial charge in [0, 0.05) is 44.6 Å². The van der Waals surface area contributed by atoms with Crippen LogP contribution in [0.5, 0.6) is 0 Å². The summed E-state index contributed by atoms with van der Waals surface area (Å²) in [5, 5.41) is 8.52. The van der Waals surface area contributed by atoms with Gasteiger partial charge in [-0.3, -0.25) is 9.48 Å². The molecule has 1 amide bonds. The Morgan fingerprint density at radius 2 is 2.16 bits per heavy atom. The zero-order valence-corrected chi connectivity index (χ0v) is 15.6. The molecule has 0 bridgehead atoms. The van der Waals surface area contributed by atoms with Crippen LogP contribution < -0.4 is 0 Å². The highest BCUT2D eigenvalue weighted by Gasteiger charge is 2.28. The lowest BCUT2D eigenvalue weighted by molar-refractivity contribution is -0.132. The van der Waals surface area contributed by atoms with Crippen LogP contribution in [0, 0.1) is 13.8 Å². The molecule has 0 saturated carbocycles. The van der Waals surface area contributed by atoms with Gasteiger partial charge in [-0.25, -0.2) is 0 Å². The highest BCUT2D eigenvalue weighted by Crippen LogP contribution is 2.26. The van der Waals surface area contributed by atoms with Crippen molar-refractivity contribution in [1.29, 1.82) is 0 Å². The minimum absolute atomic E-state index is 0.184. The molecule has 0 aromatic carbocycles. The first-order chi connectivity index (χ1) is 12.0. The highest BCUT2D eigenvalue weighted by atomic mass is 16.5. The van der Waals surface area contributed by atoms with Crippen LogP contribution >= 0.6 is 0 Å². The van der Waals surface area contributed by atoms with E-state index in [-0.39, 0.29) is 11.8 Å². The van der Waals surface area contributed by atoms with Crippen molar-refractivity contribution in [2.45, 2.75) is 58.8 Å². The minimum atomic E-state index is 0.184. The van der Waals surface area contributed by atoms with Crippen LogP contribution in [-0.4, -0.2) is 43.8 Å². The third-order valence-corrected chi connectivity index (χ3v) is 5.17. The molecule has 1 saturated heterocycles. The first kappa shape index (κ1) is 17.6. The van der Waals surface area contributed by atoms with Crippen molar-refractivity contribution in [1.82, 2.24) is 24.8 Å². The average Bonchev–Trinajstić information content (AvgIpc) is 3.19. The van der Waals surface area contributed by atoms with E-state index in [1.165, 1.54) is 5.56 Å². The Labute approximate surface area is 148 Å². The Bertz CT molecular complexity index is 749. The molecule has 1 aliphatic heterocycles. The molecule has 0 N–H and O–H groups in total. The lowest BCUT2D eigenvalue weighted by Crippen LogP contribution is -2.39. The van der Waals surface area contributed by atoms with Gasteiger partial charge in [0.15, 0.2) is 5.82 Å². The summed E-state index contributed by atoms with van der Waals surface area (Å²) >= 11 is 0. The second kappa shape index (κ2) is 7.37. The summed E-state index contributed by atoms with van der Waals surface area (Å²) in [6.07, 6.45) is 4.00. The van der Waals surface area contributed by atoms with Crippen molar-refractivity contribution in [3.63, 3.8) is 0 Å². The summed E-state index contributed by atoms with van der Waals surface area (Å²) < 4.78 is 7.11. The Morgan fingerprint density at radius 1 is 1.36 bits per heavy atom. The Morgan fingerprint density at radius 3 is 2.80 bits per heavy atom. The van der Waals surface area contributed by atoms with Crippen molar-refractivity contribution < 1.29 is 9.32 Å². The van der Waals surface area contributed by atoms with Gasteiger partial charge in [0.25, 0.3) is 0 Å². The second-order valence-electron chi connectivity index (χ2n) is 6.85. The predicted octanol–water partition coefficient (Wildman–Crippen LogP) is 2.32. The maximum atomic E-state index is 12.7. The van der Waals surface area contributed by atoms with Crippen LogP contribution in [0.25, 0.3) is 0 Å². The molecule has 0 aliphatic carbocycles. The number of likely N-dealkylation sites (tertiary alicyclic amines) is 1. The van der Waals surface area contributed by atoms with E-state index in [2.05, 4.69) is 22.2 Å². The van der Waals surface area contributed by atoms with Crippen molar-refractivity contribution in [3.8, 4) is 0 Å². The van der Waals surface area contributed by atoms with E-state index in [0.29, 0.717) is 18.9 Å². The van der Waals surface area contributed by atoms with E-state index in [1.807, 2.05) is 30.5 Å². The molecule has 1 fully saturated rings. The lowest BCUT2D eigenvalue weighted by Gasteiger charge is -2.31. The molecule has 0 radical (unpaired) electrons. The van der Waals surface area contributed by atoms with E-state index in [9.17, 15) is 4.79 Å². The first-order valence-corrected chi connectivity index (χ1v) is 9.09. The van der Waals surface area contributed by atoms with Crippen molar-refractivity contribution in [2.75, 3.05) is 13.1 Å². The number of amides is 1. The van der Waals surface area contributed by atoms with Crippen molar-refractivity contribution >= 4 is 5.91 Å². The molecule has 136 valence electrons. The van der Waals surface area contributed by atoms with Gasteiger partial charge >= 0.3 is 0 Å². The smallest absolute Gasteiger partial charge is 0.226 e. The molecule has 2 aromatic rings. The molecule has 1 unspecified atom stereocenters. The highest BCUT2D eigenvalue weighted by molar-refractivity contribution is 5.76. The van der Waals surface area contributed by atoms with E-state index >= 15 is 0 Å². The van der Waals surface area contributed by atoms with Gasteiger partial charge < -0.3 is 9.42 Å². The largest absolute Gasteiger partial charge is 0.342 e. The topological polar surface area (TPSA) is 77.1 Å². The monoisotopic (exact) mass is 345 g/mol. The third kappa shape index (κ3) is 3.75. The van der Waals surface area contributed by atoms with Crippen LogP contribution in [0.1, 0.15) is 60.8 Å². The maximum absolute atomic E-state index is 12.7. The standard InChI is InChI=1S/C18H27N5O2/c1-5-16-19-18(21-25-16)14-7-6-10-23(11-14)17(24)9-8-15-12(2)20-22(4)13(15)3/h14H,5-11H2,1-4H3. The molecule has 0 spiro atoms. The number of carbonyl (C=O) groups excluding carboxylic acids is 1. The number of rotatable bonds is 5. The SMILES string of the molecule is CCc1nc(C2CCCN(C(=O)CCc3c(C)nn(C)c3C)C2)no1. The maximum Gasteiger partial charge on any atom is 0.226 e. The quantitative estimate of drug-likeness (QED) is 0.831. The van der Waals surface area contributed by atoms with Crippen LogP contribution in [0.3, 0.4) is 0 Å². The molecule has 2 aromatic heterocycles. The summed E-state index contributed by atoms with van der Waals surface area (Å²) in [5.41, 5.74) is 3.35. The molecule has 7 heteroatoms. The summed E-state index contributed by atoms with van der Waals surface area (Å²) in [7, 11) is 1.94. The van der Waals surface area contributed by atoms with Crippen molar-refractivity contribution in [2.24, 2.45) is 7.05 Å². The van der Waals surface area contributed by atoms with Gasteiger partial charge in [0.1, 0.15) is 0 Å². The fraction of sp³-hybridized carbons (Fsp3) is 0.667. The number of nitrogens with zero attached hydrogens (tertiary/aromatic N) is 5. The second-order valence-corrected chi connectivity index (χ2v) is 6.85. The van der Waals surface area contributed by atoms with Crippen LogP contribution in [0.4, 0.5) is 0 Å². The Balaban J connectivity index is 1.60. The molecular weight excluding hydrogens is 318 g/mol. The third-order valence-electron chi connectivity index (χ3n) is 5.17. The summed E-state index contributed by atoms with van der Waals surface area (Å²) in [6.45, 7) is 7.56. The van der Waals surface area contributed by atoms with Crippen molar-refractivity contribution in [3.05, 3.63) is 28.7 Å². The fourth-order valence-electron chi connectivity index (χ4n) is 3.56. The molecule has 25 heavy (non-hydrogen) atoms. The summed E-state index contributed by atoms with van der Waals surface area (Å²) in [4.78, 5) is 19.1. The van der Waals surface area contributed by atoms with Gasteiger partial charge in [0.05, 0.1) is 5.69 Å². The first-order valence-electron chi connectivity index (χ1n) is 9.09. The summed E-state index contributed by atoms with van der Waals surface area (Å²) in [5.74, 6) is 1.80. The van der Waals surface area contributed by atoms with Gasteiger partial charge in [-0.1, -0.05) is 12.1 Å². The van der Waals surface area contributed by atoms with E-state index in [1.54, 1.807) is 0 Å². The number of aromatic nitrogens is 4. The van der Waals surface area contributed by atoms with Crippen LogP contribution in [-0.2, 0) is 24.7 Å². The number of aryl methyl sites for hydroxylation is 3. The zero-order chi connectivity index (χ0) is 18.0. The Kier molecular flexibility index (Phi) is 5.20. The van der Waals surface area contributed by atoms with Crippen LogP contribution in [0.2, 0.25) is 0 Å².